The summed E-state index contributed by atoms with van der Waals surface area (Å²) in [7, 11) is 0. The van der Waals surface area contributed by atoms with Crippen molar-refractivity contribution in [2.75, 3.05) is 19.8 Å². The molecule has 80 valence electrons. The quantitative estimate of drug-likeness (QED) is 0.724. The van der Waals surface area contributed by atoms with Crippen molar-refractivity contribution in [2.45, 2.75) is 6.92 Å². The Morgan fingerprint density at radius 2 is 2.20 bits per heavy atom. The van der Waals surface area contributed by atoms with E-state index in [1.54, 1.807) is 18.2 Å². The average Bonchev–Trinajstić information content (AvgIpc) is 2.26. The molecule has 0 unspecified atom stereocenters. The zero-order valence-electron chi connectivity index (χ0n) is 8.50. The molecule has 0 heterocycles. The van der Waals surface area contributed by atoms with E-state index in [2.05, 4.69) is 0 Å². The Morgan fingerprint density at radius 1 is 1.40 bits per heavy atom. The number of nitrogens with zero attached hydrogens (tertiary/aromatic N) is 1. The van der Waals surface area contributed by atoms with Gasteiger partial charge in [-0.1, -0.05) is 11.6 Å². The van der Waals surface area contributed by atoms with E-state index in [0.29, 0.717) is 36.2 Å². The molecule has 0 aliphatic carbocycles. The van der Waals surface area contributed by atoms with E-state index in [0.717, 1.165) is 0 Å². The molecule has 0 aliphatic heterocycles. The maximum atomic E-state index is 8.63. The monoisotopic (exact) mass is 225 g/mol. The van der Waals surface area contributed by atoms with Gasteiger partial charge in [-0.15, -0.1) is 0 Å². The van der Waals surface area contributed by atoms with Crippen LogP contribution >= 0.6 is 11.6 Å². The number of halogens is 1. The van der Waals surface area contributed by atoms with Gasteiger partial charge in [0.1, 0.15) is 12.4 Å². The molecule has 0 N–H and O–H groups in total. The Kier molecular flexibility index (Phi) is 4.96. The second-order valence-electron chi connectivity index (χ2n) is 2.80. The number of hydrogen-bond acceptors (Lipinski definition) is 3. The van der Waals surface area contributed by atoms with Crippen LogP contribution in [0.25, 0.3) is 0 Å². The molecule has 0 bridgehead atoms. The standard InChI is InChI=1S/C11H12ClNO2/c1-2-14-5-6-15-11-4-3-9(8-13)7-10(11)12/h3-4,7H,2,5-6H2,1H3. The minimum atomic E-state index is 0.450. The smallest absolute Gasteiger partial charge is 0.138 e. The van der Waals surface area contributed by atoms with E-state index < -0.39 is 0 Å². The van der Waals surface area contributed by atoms with Crippen LogP contribution in [-0.4, -0.2) is 19.8 Å². The topological polar surface area (TPSA) is 42.2 Å². The molecule has 0 saturated carbocycles. The summed E-state index contributed by atoms with van der Waals surface area (Å²) in [4.78, 5) is 0. The molecule has 0 radical (unpaired) electrons. The van der Waals surface area contributed by atoms with Crippen LogP contribution in [0.2, 0.25) is 5.02 Å². The molecular formula is C11H12ClNO2. The number of nitriles is 1. The first-order valence-electron chi connectivity index (χ1n) is 4.68. The number of ether oxygens (including phenoxy) is 2. The van der Waals surface area contributed by atoms with Gasteiger partial charge in [0.15, 0.2) is 0 Å². The molecule has 3 nitrogen and oxygen atoms in total. The van der Waals surface area contributed by atoms with Crippen molar-refractivity contribution >= 4 is 11.6 Å². The van der Waals surface area contributed by atoms with Crippen LogP contribution in [-0.2, 0) is 4.74 Å². The highest BCUT2D eigenvalue weighted by molar-refractivity contribution is 6.32. The third-order valence-corrected chi connectivity index (χ3v) is 2.05. The van der Waals surface area contributed by atoms with Crippen molar-refractivity contribution in [1.29, 1.82) is 5.26 Å². The minimum Gasteiger partial charge on any atom is -0.490 e. The Hall–Kier alpha value is -1.24. The summed E-state index contributed by atoms with van der Waals surface area (Å²) in [5, 5.41) is 9.08. The summed E-state index contributed by atoms with van der Waals surface area (Å²) in [5.74, 6) is 0.579. The molecule has 0 saturated heterocycles. The summed E-state index contributed by atoms with van der Waals surface area (Å²) in [6.07, 6.45) is 0. The van der Waals surface area contributed by atoms with Gasteiger partial charge < -0.3 is 9.47 Å². The second kappa shape index (κ2) is 6.28. The molecule has 15 heavy (non-hydrogen) atoms. The van der Waals surface area contributed by atoms with Gasteiger partial charge in [0.05, 0.1) is 23.3 Å². The van der Waals surface area contributed by atoms with Gasteiger partial charge in [0.25, 0.3) is 0 Å². The Labute approximate surface area is 94.2 Å². The SMILES string of the molecule is CCOCCOc1ccc(C#N)cc1Cl. The third-order valence-electron chi connectivity index (χ3n) is 1.75. The molecule has 0 fully saturated rings. The van der Waals surface area contributed by atoms with E-state index in [9.17, 15) is 0 Å². The largest absolute Gasteiger partial charge is 0.490 e. The predicted octanol–water partition coefficient (Wildman–Crippen LogP) is 2.63. The number of benzene rings is 1. The van der Waals surface area contributed by atoms with Gasteiger partial charge in [0.2, 0.25) is 0 Å². The fraction of sp³-hybridized carbons (Fsp3) is 0.364. The Balaban J connectivity index is 2.52. The first-order valence-corrected chi connectivity index (χ1v) is 5.06. The second-order valence-corrected chi connectivity index (χ2v) is 3.21. The van der Waals surface area contributed by atoms with Crippen molar-refractivity contribution in [2.24, 2.45) is 0 Å². The Morgan fingerprint density at radius 3 is 2.80 bits per heavy atom. The van der Waals surface area contributed by atoms with Gasteiger partial charge >= 0.3 is 0 Å². The first kappa shape index (κ1) is 11.8. The fourth-order valence-electron chi connectivity index (χ4n) is 1.04. The van der Waals surface area contributed by atoms with Crippen LogP contribution in [0, 0.1) is 11.3 Å². The van der Waals surface area contributed by atoms with E-state index in [4.69, 9.17) is 26.3 Å². The van der Waals surface area contributed by atoms with Crippen LogP contribution < -0.4 is 4.74 Å². The summed E-state index contributed by atoms with van der Waals surface area (Å²) in [5.41, 5.74) is 0.525. The van der Waals surface area contributed by atoms with Crippen LogP contribution in [0.5, 0.6) is 5.75 Å². The molecule has 1 aromatic carbocycles. The summed E-state index contributed by atoms with van der Waals surface area (Å²) < 4.78 is 10.5. The van der Waals surface area contributed by atoms with Crippen molar-refractivity contribution in [3.8, 4) is 11.8 Å². The van der Waals surface area contributed by atoms with Gasteiger partial charge in [-0.2, -0.15) is 5.26 Å². The molecule has 0 amide bonds. The van der Waals surface area contributed by atoms with Crippen LogP contribution in [0.15, 0.2) is 18.2 Å². The van der Waals surface area contributed by atoms with Crippen LogP contribution in [0.4, 0.5) is 0 Å². The van der Waals surface area contributed by atoms with Crippen LogP contribution in [0.1, 0.15) is 12.5 Å². The lowest BCUT2D eigenvalue weighted by Crippen LogP contribution is -2.06. The van der Waals surface area contributed by atoms with Gasteiger partial charge in [-0.25, -0.2) is 0 Å². The van der Waals surface area contributed by atoms with Crippen LogP contribution in [0.3, 0.4) is 0 Å². The number of hydrogen-bond donors (Lipinski definition) is 0. The van der Waals surface area contributed by atoms with Crippen molar-refractivity contribution in [3.63, 3.8) is 0 Å². The average molecular weight is 226 g/mol. The van der Waals surface area contributed by atoms with E-state index >= 15 is 0 Å². The lowest BCUT2D eigenvalue weighted by Gasteiger charge is -2.07. The van der Waals surface area contributed by atoms with E-state index in [-0.39, 0.29) is 0 Å². The lowest BCUT2D eigenvalue weighted by molar-refractivity contribution is 0.110. The minimum absolute atomic E-state index is 0.450. The zero-order valence-corrected chi connectivity index (χ0v) is 9.25. The predicted molar refractivity (Wildman–Crippen MR) is 58.2 cm³/mol. The van der Waals surface area contributed by atoms with E-state index in [1.807, 2.05) is 13.0 Å². The maximum Gasteiger partial charge on any atom is 0.138 e. The number of rotatable bonds is 5. The lowest BCUT2D eigenvalue weighted by atomic mass is 10.2. The summed E-state index contributed by atoms with van der Waals surface area (Å²) >= 11 is 5.90. The van der Waals surface area contributed by atoms with Crippen molar-refractivity contribution < 1.29 is 9.47 Å². The van der Waals surface area contributed by atoms with Gasteiger partial charge in [0, 0.05) is 6.61 Å². The Bertz CT molecular complexity index is 360. The third kappa shape index (κ3) is 3.78. The highest BCUT2D eigenvalue weighted by atomic mass is 35.5. The molecule has 1 rings (SSSR count). The highest BCUT2D eigenvalue weighted by Crippen LogP contribution is 2.24. The first-order chi connectivity index (χ1) is 7.27. The molecule has 4 heteroatoms. The zero-order chi connectivity index (χ0) is 11.1. The van der Waals surface area contributed by atoms with Crippen molar-refractivity contribution in [3.05, 3.63) is 28.8 Å². The normalized spacial score (nSPS) is 9.67. The maximum absolute atomic E-state index is 8.63. The molecular weight excluding hydrogens is 214 g/mol. The highest BCUT2D eigenvalue weighted by Gasteiger charge is 2.02. The van der Waals surface area contributed by atoms with E-state index in [1.165, 1.54) is 0 Å². The molecule has 1 aromatic rings. The molecule has 0 spiro atoms. The summed E-state index contributed by atoms with van der Waals surface area (Å²) in [6, 6.07) is 6.94. The fourth-order valence-corrected chi connectivity index (χ4v) is 1.28. The molecule has 0 aliphatic rings. The van der Waals surface area contributed by atoms with Gasteiger partial charge in [-0.3, -0.25) is 0 Å². The molecule has 0 aromatic heterocycles. The molecule has 0 atom stereocenters. The van der Waals surface area contributed by atoms with Gasteiger partial charge in [-0.05, 0) is 25.1 Å². The summed E-state index contributed by atoms with van der Waals surface area (Å²) in [6.45, 7) is 3.59. The van der Waals surface area contributed by atoms with Crippen molar-refractivity contribution in [1.82, 2.24) is 0 Å².